The number of nitrogens with one attached hydrogen (secondary N) is 1. The van der Waals surface area contributed by atoms with Crippen molar-refractivity contribution in [2.75, 3.05) is 18.5 Å². The van der Waals surface area contributed by atoms with Gasteiger partial charge in [0.15, 0.2) is 0 Å². The molecule has 0 aliphatic rings. The van der Waals surface area contributed by atoms with Crippen LogP contribution in [-0.4, -0.2) is 35.1 Å². The quantitative estimate of drug-likeness (QED) is 0.770. The standard InChI is InChI=1S/C21H28N2O2/c1-4-23(16(2)3)15-18-5-9-19(10-6-18)21(25)22-20-11-7-17(8-12-20)13-14-24/h5-12,16,24H,4,13-15H2,1-3H3,(H,22,25). The number of benzene rings is 2. The van der Waals surface area contributed by atoms with Crippen LogP contribution in [0.5, 0.6) is 0 Å². The number of anilines is 1. The molecule has 0 unspecified atom stereocenters. The van der Waals surface area contributed by atoms with Crippen molar-refractivity contribution in [1.82, 2.24) is 4.90 Å². The Kier molecular flexibility index (Phi) is 7.16. The molecule has 0 bridgehead atoms. The van der Waals surface area contributed by atoms with Crippen LogP contribution < -0.4 is 5.32 Å². The van der Waals surface area contributed by atoms with Crippen molar-refractivity contribution in [2.45, 2.75) is 39.8 Å². The third-order valence-corrected chi connectivity index (χ3v) is 4.35. The van der Waals surface area contributed by atoms with Crippen molar-refractivity contribution >= 4 is 11.6 Å². The molecule has 25 heavy (non-hydrogen) atoms. The summed E-state index contributed by atoms with van der Waals surface area (Å²) in [4.78, 5) is 14.7. The molecule has 2 N–H and O–H groups in total. The van der Waals surface area contributed by atoms with Crippen molar-refractivity contribution in [3.63, 3.8) is 0 Å². The molecule has 0 aliphatic carbocycles. The number of aliphatic hydroxyl groups excluding tert-OH is 1. The van der Waals surface area contributed by atoms with Crippen molar-refractivity contribution in [3.05, 3.63) is 65.2 Å². The highest BCUT2D eigenvalue weighted by Crippen LogP contribution is 2.14. The van der Waals surface area contributed by atoms with Crippen molar-refractivity contribution in [2.24, 2.45) is 0 Å². The maximum absolute atomic E-state index is 12.4. The smallest absolute Gasteiger partial charge is 0.255 e. The fourth-order valence-electron chi connectivity index (χ4n) is 2.74. The van der Waals surface area contributed by atoms with Crippen LogP contribution in [0.1, 0.15) is 42.3 Å². The summed E-state index contributed by atoms with van der Waals surface area (Å²) in [6, 6.07) is 15.8. The predicted molar refractivity (Wildman–Crippen MR) is 103 cm³/mol. The van der Waals surface area contributed by atoms with Crippen LogP contribution in [0.25, 0.3) is 0 Å². The summed E-state index contributed by atoms with van der Waals surface area (Å²) in [5.74, 6) is -0.113. The molecule has 1 amide bonds. The van der Waals surface area contributed by atoms with Gasteiger partial charge in [0, 0.05) is 30.4 Å². The second-order valence-corrected chi connectivity index (χ2v) is 6.48. The molecule has 2 aromatic rings. The van der Waals surface area contributed by atoms with Gasteiger partial charge in [-0.3, -0.25) is 9.69 Å². The number of hydrogen-bond acceptors (Lipinski definition) is 3. The third kappa shape index (κ3) is 5.69. The number of rotatable bonds is 8. The largest absolute Gasteiger partial charge is 0.396 e. The molecule has 0 fully saturated rings. The van der Waals surface area contributed by atoms with E-state index in [1.54, 1.807) is 0 Å². The SMILES string of the molecule is CCN(Cc1ccc(C(=O)Nc2ccc(CCO)cc2)cc1)C(C)C. The first-order valence-corrected chi connectivity index (χ1v) is 8.87. The van der Waals surface area contributed by atoms with Gasteiger partial charge in [0.1, 0.15) is 0 Å². The van der Waals surface area contributed by atoms with E-state index in [9.17, 15) is 4.79 Å². The highest BCUT2D eigenvalue weighted by Gasteiger charge is 2.09. The van der Waals surface area contributed by atoms with E-state index >= 15 is 0 Å². The van der Waals surface area contributed by atoms with E-state index in [-0.39, 0.29) is 12.5 Å². The lowest BCUT2D eigenvalue weighted by atomic mass is 10.1. The first kappa shape index (κ1) is 19.2. The zero-order valence-corrected chi connectivity index (χ0v) is 15.3. The zero-order chi connectivity index (χ0) is 18.2. The Morgan fingerprint density at radius 1 is 1.04 bits per heavy atom. The van der Waals surface area contributed by atoms with Gasteiger partial charge >= 0.3 is 0 Å². The Hall–Kier alpha value is -2.17. The molecule has 0 saturated carbocycles. The molecule has 0 aromatic heterocycles. The van der Waals surface area contributed by atoms with E-state index in [2.05, 4.69) is 31.0 Å². The van der Waals surface area contributed by atoms with E-state index in [4.69, 9.17) is 5.11 Å². The third-order valence-electron chi connectivity index (χ3n) is 4.35. The predicted octanol–water partition coefficient (Wildman–Crippen LogP) is 3.70. The molecule has 0 radical (unpaired) electrons. The molecule has 0 atom stereocenters. The fourth-order valence-corrected chi connectivity index (χ4v) is 2.74. The number of carbonyl (C=O) groups excluding carboxylic acids is 1. The average Bonchev–Trinajstić information content (AvgIpc) is 2.61. The first-order chi connectivity index (χ1) is 12.0. The maximum Gasteiger partial charge on any atom is 0.255 e. The Balaban J connectivity index is 1.97. The molecule has 0 saturated heterocycles. The van der Waals surface area contributed by atoms with Crippen LogP contribution in [0.3, 0.4) is 0 Å². The molecule has 134 valence electrons. The maximum atomic E-state index is 12.4. The molecule has 4 heteroatoms. The Labute approximate surface area is 150 Å². The second-order valence-electron chi connectivity index (χ2n) is 6.48. The highest BCUT2D eigenvalue weighted by atomic mass is 16.3. The van der Waals surface area contributed by atoms with Gasteiger partial charge in [0.25, 0.3) is 5.91 Å². The minimum atomic E-state index is -0.113. The van der Waals surface area contributed by atoms with Gasteiger partial charge in [0.05, 0.1) is 0 Å². The number of carbonyl (C=O) groups is 1. The van der Waals surface area contributed by atoms with Gasteiger partial charge < -0.3 is 10.4 Å². The van der Waals surface area contributed by atoms with Gasteiger partial charge in [0.2, 0.25) is 0 Å². The molecule has 2 aromatic carbocycles. The summed E-state index contributed by atoms with van der Waals surface area (Å²) in [6.07, 6.45) is 0.626. The van der Waals surface area contributed by atoms with E-state index in [1.165, 1.54) is 5.56 Å². The molecule has 0 spiro atoms. The van der Waals surface area contributed by atoms with Crippen LogP contribution >= 0.6 is 0 Å². The van der Waals surface area contributed by atoms with Gasteiger partial charge in [-0.2, -0.15) is 0 Å². The number of hydrogen-bond donors (Lipinski definition) is 2. The molecule has 2 rings (SSSR count). The molecular formula is C21H28N2O2. The van der Waals surface area contributed by atoms with Crippen LogP contribution in [0.4, 0.5) is 5.69 Å². The lowest BCUT2D eigenvalue weighted by molar-refractivity contribution is 0.102. The topological polar surface area (TPSA) is 52.6 Å². The summed E-state index contributed by atoms with van der Waals surface area (Å²) in [5.41, 5.74) is 3.67. The van der Waals surface area contributed by atoms with Crippen LogP contribution in [0.2, 0.25) is 0 Å². The molecule has 0 heterocycles. The summed E-state index contributed by atoms with van der Waals surface area (Å²) in [5, 5.41) is 11.8. The van der Waals surface area contributed by atoms with Gasteiger partial charge in [-0.25, -0.2) is 0 Å². The highest BCUT2D eigenvalue weighted by molar-refractivity contribution is 6.04. The Morgan fingerprint density at radius 3 is 2.16 bits per heavy atom. The monoisotopic (exact) mass is 340 g/mol. The Morgan fingerprint density at radius 2 is 1.64 bits per heavy atom. The fraction of sp³-hybridized carbons (Fsp3) is 0.381. The van der Waals surface area contributed by atoms with E-state index < -0.39 is 0 Å². The lowest BCUT2D eigenvalue weighted by Gasteiger charge is -2.24. The summed E-state index contributed by atoms with van der Waals surface area (Å²) in [6.45, 7) is 8.57. The Bertz CT molecular complexity index is 663. The zero-order valence-electron chi connectivity index (χ0n) is 15.3. The normalized spacial score (nSPS) is 11.1. The van der Waals surface area contributed by atoms with Gasteiger partial charge in [-0.15, -0.1) is 0 Å². The number of nitrogens with zero attached hydrogens (tertiary/aromatic N) is 1. The summed E-state index contributed by atoms with van der Waals surface area (Å²) >= 11 is 0. The molecular weight excluding hydrogens is 312 g/mol. The van der Waals surface area contributed by atoms with E-state index in [1.807, 2.05) is 48.5 Å². The minimum absolute atomic E-state index is 0.113. The van der Waals surface area contributed by atoms with Crippen molar-refractivity contribution < 1.29 is 9.90 Å². The van der Waals surface area contributed by atoms with E-state index in [0.717, 1.165) is 24.3 Å². The number of aliphatic hydroxyl groups is 1. The van der Waals surface area contributed by atoms with Crippen molar-refractivity contribution in [1.29, 1.82) is 0 Å². The number of amides is 1. The first-order valence-electron chi connectivity index (χ1n) is 8.87. The summed E-state index contributed by atoms with van der Waals surface area (Å²) in [7, 11) is 0. The van der Waals surface area contributed by atoms with Crippen LogP contribution in [0, 0.1) is 0 Å². The molecule has 0 aliphatic heterocycles. The minimum Gasteiger partial charge on any atom is -0.396 e. The second kappa shape index (κ2) is 9.35. The summed E-state index contributed by atoms with van der Waals surface area (Å²) < 4.78 is 0. The van der Waals surface area contributed by atoms with Gasteiger partial charge in [-0.05, 0) is 62.2 Å². The van der Waals surface area contributed by atoms with E-state index in [0.29, 0.717) is 18.0 Å². The van der Waals surface area contributed by atoms with Crippen LogP contribution in [0.15, 0.2) is 48.5 Å². The lowest BCUT2D eigenvalue weighted by Crippen LogP contribution is -2.29. The molecule has 4 nitrogen and oxygen atoms in total. The van der Waals surface area contributed by atoms with Crippen molar-refractivity contribution in [3.8, 4) is 0 Å². The van der Waals surface area contributed by atoms with Crippen LogP contribution in [-0.2, 0) is 13.0 Å². The average molecular weight is 340 g/mol. The van der Waals surface area contributed by atoms with Gasteiger partial charge in [-0.1, -0.05) is 31.2 Å².